The number of likely N-dealkylation sites (tertiary alicyclic amines) is 1. The summed E-state index contributed by atoms with van der Waals surface area (Å²) in [5, 5.41) is 6.79. The molecule has 1 aliphatic rings. The highest BCUT2D eigenvalue weighted by molar-refractivity contribution is 7.99. The van der Waals surface area contributed by atoms with Gasteiger partial charge < -0.3 is 15.5 Å². The van der Waals surface area contributed by atoms with Gasteiger partial charge in [-0.1, -0.05) is 24.8 Å². The molecule has 1 fully saturated rings. The summed E-state index contributed by atoms with van der Waals surface area (Å²) in [6, 6.07) is 11.3. The first-order valence-electron chi connectivity index (χ1n) is 11.4. The maximum atomic E-state index is 12.9. The lowest BCUT2D eigenvalue weighted by molar-refractivity contribution is -0.132. The fourth-order valence-corrected chi connectivity index (χ4v) is 4.97. The van der Waals surface area contributed by atoms with Crippen molar-refractivity contribution in [3.8, 4) is 0 Å². The molecule has 1 saturated heterocycles. The smallest absolute Gasteiger partial charge is 0.319 e. The van der Waals surface area contributed by atoms with Crippen LogP contribution in [0, 0.1) is 5.92 Å². The van der Waals surface area contributed by atoms with Gasteiger partial charge >= 0.3 is 6.03 Å². The van der Waals surface area contributed by atoms with Crippen molar-refractivity contribution in [2.45, 2.75) is 25.7 Å². The fraction of sp³-hybridized carbons (Fsp3) is 0.400. The van der Waals surface area contributed by atoms with E-state index in [4.69, 9.17) is 0 Å². The number of thioether (sulfide) groups is 1. The second-order valence-electron chi connectivity index (χ2n) is 8.19. The number of carbonyl (C=O) groups excluding carboxylic acids is 2. The van der Waals surface area contributed by atoms with Gasteiger partial charge in [-0.25, -0.2) is 4.79 Å². The Morgan fingerprint density at radius 1 is 1.15 bits per heavy atom. The molecule has 1 aliphatic heterocycles. The molecule has 2 aromatic rings. The SMILES string of the molecule is C=C(c1cccnc1)C(CSCCNC(=O)Nc1ccc(P)cc1)CC(=O)N1CCCCC1. The largest absolute Gasteiger partial charge is 0.343 e. The maximum Gasteiger partial charge on any atom is 0.319 e. The summed E-state index contributed by atoms with van der Waals surface area (Å²) in [5.41, 5.74) is 2.68. The zero-order valence-corrected chi connectivity index (χ0v) is 20.9. The Bertz CT molecular complexity index is 918. The van der Waals surface area contributed by atoms with Gasteiger partial charge in [0.2, 0.25) is 5.91 Å². The predicted molar refractivity (Wildman–Crippen MR) is 142 cm³/mol. The number of hydrogen-bond acceptors (Lipinski definition) is 4. The van der Waals surface area contributed by atoms with Crippen molar-refractivity contribution in [3.05, 3.63) is 60.9 Å². The normalized spacial score (nSPS) is 14.4. The van der Waals surface area contributed by atoms with Crippen molar-refractivity contribution in [1.29, 1.82) is 0 Å². The van der Waals surface area contributed by atoms with Crippen LogP contribution in [0.2, 0.25) is 0 Å². The third kappa shape index (κ3) is 8.49. The Hall–Kier alpha value is -2.37. The minimum atomic E-state index is -0.219. The fourth-order valence-electron chi connectivity index (χ4n) is 3.76. The topological polar surface area (TPSA) is 74.3 Å². The van der Waals surface area contributed by atoms with Crippen LogP contribution in [-0.4, -0.2) is 53.0 Å². The zero-order valence-electron chi connectivity index (χ0n) is 19.0. The molecular weight excluding hydrogens is 451 g/mol. The van der Waals surface area contributed by atoms with Gasteiger partial charge in [0.05, 0.1) is 0 Å². The number of benzene rings is 1. The Balaban J connectivity index is 1.47. The van der Waals surface area contributed by atoms with Crippen molar-refractivity contribution in [2.24, 2.45) is 5.92 Å². The van der Waals surface area contributed by atoms with E-state index in [0.717, 1.165) is 59.6 Å². The average Bonchev–Trinajstić information content (AvgIpc) is 2.85. The summed E-state index contributed by atoms with van der Waals surface area (Å²) in [7, 11) is 2.62. The third-order valence-corrected chi connectivity index (χ3v) is 7.19. The van der Waals surface area contributed by atoms with Gasteiger partial charge in [-0.2, -0.15) is 11.8 Å². The van der Waals surface area contributed by atoms with E-state index in [0.29, 0.717) is 13.0 Å². The van der Waals surface area contributed by atoms with Gasteiger partial charge in [-0.15, -0.1) is 9.24 Å². The van der Waals surface area contributed by atoms with Crippen molar-refractivity contribution >= 4 is 49.5 Å². The molecule has 33 heavy (non-hydrogen) atoms. The molecule has 3 rings (SSSR count). The average molecular weight is 485 g/mol. The molecule has 2 atom stereocenters. The van der Waals surface area contributed by atoms with E-state index < -0.39 is 0 Å². The van der Waals surface area contributed by atoms with Gasteiger partial charge in [0.25, 0.3) is 0 Å². The van der Waals surface area contributed by atoms with Crippen LogP contribution >= 0.6 is 21.0 Å². The van der Waals surface area contributed by atoms with E-state index in [2.05, 4.69) is 31.4 Å². The number of carbonyl (C=O) groups is 2. The van der Waals surface area contributed by atoms with Gasteiger partial charge in [0, 0.05) is 61.6 Å². The predicted octanol–water partition coefficient (Wildman–Crippen LogP) is 4.17. The molecule has 2 heterocycles. The standard InChI is InChI=1S/C25H33N4O2PS/c1-19(20-6-5-11-26-17-20)21(16-24(30)29-13-3-2-4-14-29)18-33-15-12-27-25(31)28-22-7-9-23(32)10-8-22/h5-11,17,21H,1-4,12-16,18,32H2,(H2,27,28,31). The number of pyridine rings is 1. The minimum absolute atomic E-state index is 0.0351. The first kappa shape index (κ1) is 25.3. The highest BCUT2D eigenvalue weighted by Gasteiger charge is 2.23. The molecule has 0 radical (unpaired) electrons. The highest BCUT2D eigenvalue weighted by atomic mass is 32.2. The van der Waals surface area contributed by atoms with E-state index in [-0.39, 0.29) is 17.9 Å². The Kier molecular flexibility index (Phi) is 10.2. The molecule has 3 amide bonds. The number of anilines is 1. The summed E-state index contributed by atoms with van der Waals surface area (Å²) in [6.45, 7) is 6.56. The first-order valence-corrected chi connectivity index (χ1v) is 13.1. The molecule has 0 saturated carbocycles. The summed E-state index contributed by atoms with van der Waals surface area (Å²) >= 11 is 1.73. The highest BCUT2D eigenvalue weighted by Crippen LogP contribution is 2.28. The van der Waals surface area contributed by atoms with Crippen molar-refractivity contribution in [3.63, 3.8) is 0 Å². The van der Waals surface area contributed by atoms with Crippen LogP contribution in [0.1, 0.15) is 31.2 Å². The van der Waals surface area contributed by atoms with Crippen LogP contribution in [0.25, 0.3) is 5.57 Å². The van der Waals surface area contributed by atoms with E-state index >= 15 is 0 Å². The van der Waals surface area contributed by atoms with Crippen molar-refractivity contribution in [2.75, 3.05) is 36.5 Å². The van der Waals surface area contributed by atoms with Gasteiger partial charge in [0.15, 0.2) is 0 Å². The van der Waals surface area contributed by atoms with E-state index in [1.54, 1.807) is 24.2 Å². The summed E-state index contributed by atoms with van der Waals surface area (Å²) in [6.07, 6.45) is 7.39. The number of amides is 3. The number of hydrogen-bond donors (Lipinski definition) is 2. The molecular formula is C25H33N4O2PS. The van der Waals surface area contributed by atoms with Crippen LogP contribution in [0.15, 0.2) is 55.4 Å². The number of allylic oxidation sites excluding steroid dienone is 1. The van der Waals surface area contributed by atoms with Crippen LogP contribution in [0.4, 0.5) is 10.5 Å². The number of nitrogens with one attached hydrogen (secondary N) is 2. The maximum absolute atomic E-state index is 12.9. The zero-order chi connectivity index (χ0) is 23.5. The number of nitrogens with zero attached hydrogens (tertiary/aromatic N) is 2. The second kappa shape index (κ2) is 13.4. The quantitative estimate of drug-likeness (QED) is 0.392. The molecule has 0 aliphatic carbocycles. The molecule has 0 spiro atoms. The van der Waals surface area contributed by atoms with E-state index in [1.165, 1.54) is 6.42 Å². The van der Waals surface area contributed by atoms with Crippen molar-refractivity contribution < 1.29 is 9.59 Å². The van der Waals surface area contributed by atoms with Crippen LogP contribution < -0.4 is 15.9 Å². The molecule has 176 valence electrons. The monoisotopic (exact) mass is 484 g/mol. The lowest BCUT2D eigenvalue weighted by Crippen LogP contribution is -2.37. The van der Waals surface area contributed by atoms with E-state index in [1.807, 2.05) is 41.3 Å². The second-order valence-corrected chi connectivity index (χ2v) is 10.0. The number of aromatic nitrogens is 1. The number of rotatable bonds is 10. The molecule has 1 aromatic carbocycles. The van der Waals surface area contributed by atoms with Gasteiger partial charge in [-0.05, 0) is 53.9 Å². The van der Waals surface area contributed by atoms with Crippen LogP contribution in [0.3, 0.4) is 0 Å². The Morgan fingerprint density at radius 2 is 1.91 bits per heavy atom. The molecule has 0 bridgehead atoms. The molecule has 2 N–H and O–H groups in total. The lowest BCUT2D eigenvalue weighted by atomic mass is 9.93. The molecule has 8 heteroatoms. The van der Waals surface area contributed by atoms with Crippen LogP contribution in [0.5, 0.6) is 0 Å². The molecule has 2 unspecified atom stereocenters. The molecule has 1 aromatic heterocycles. The van der Waals surface area contributed by atoms with Gasteiger partial charge in [-0.3, -0.25) is 9.78 Å². The van der Waals surface area contributed by atoms with Crippen LogP contribution in [-0.2, 0) is 4.79 Å². The van der Waals surface area contributed by atoms with Gasteiger partial charge in [0.1, 0.15) is 0 Å². The minimum Gasteiger partial charge on any atom is -0.343 e. The summed E-state index contributed by atoms with van der Waals surface area (Å²) < 4.78 is 0. The first-order chi connectivity index (χ1) is 16.0. The Labute approximate surface area is 203 Å². The number of urea groups is 1. The summed E-state index contributed by atoms with van der Waals surface area (Å²) in [5.74, 6) is 1.77. The molecule has 6 nitrogen and oxygen atoms in total. The van der Waals surface area contributed by atoms with E-state index in [9.17, 15) is 9.59 Å². The summed E-state index contributed by atoms with van der Waals surface area (Å²) in [4.78, 5) is 31.2. The van der Waals surface area contributed by atoms with Crippen molar-refractivity contribution in [1.82, 2.24) is 15.2 Å². The number of piperidine rings is 1. The third-order valence-electron chi connectivity index (χ3n) is 5.67. The Morgan fingerprint density at radius 3 is 2.61 bits per heavy atom. The lowest BCUT2D eigenvalue weighted by Gasteiger charge is -2.29.